The van der Waals surface area contributed by atoms with E-state index in [2.05, 4.69) is 21.9 Å². The summed E-state index contributed by atoms with van der Waals surface area (Å²) < 4.78 is 63.5. The lowest BCUT2D eigenvalue weighted by molar-refractivity contribution is -0.129. The van der Waals surface area contributed by atoms with Gasteiger partial charge in [0.2, 0.25) is 0 Å². The molecule has 10 heteroatoms. The van der Waals surface area contributed by atoms with E-state index in [4.69, 9.17) is 0 Å². The molecule has 3 aromatic rings. The predicted octanol–water partition coefficient (Wildman–Crippen LogP) is 3.71. The summed E-state index contributed by atoms with van der Waals surface area (Å²) in [5, 5.41) is 0. The number of nitrogens with zero attached hydrogens (tertiary/aromatic N) is 3. The van der Waals surface area contributed by atoms with Gasteiger partial charge in [-0.3, -0.25) is 4.40 Å². The first-order chi connectivity index (χ1) is 13.1. The van der Waals surface area contributed by atoms with Crippen LogP contribution in [0.4, 0.5) is 13.2 Å². The van der Waals surface area contributed by atoms with Crippen molar-refractivity contribution in [3.63, 3.8) is 0 Å². The van der Waals surface area contributed by atoms with Crippen molar-refractivity contribution in [2.45, 2.75) is 38.3 Å². The highest BCUT2D eigenvalue weighted by molar-refractivity contribution is 7.91. The molecule has 0 saturated heterocycles. The minimum atomic E-state index is -4.45. The average molecular weight is 414 g/mol. The van der Waals surface area contributed by atoms with E-state index in [0.717, 1.165) is 22.5 Å². The molecule has 1 aliphatic carbocycles. The molecule has 0 radical (unpaired) electrons. The van der Waals surface area contributed by atoms with Crippen molar-refractivity contribution in [1.29, 1.82) is 0 Å². The first-order valence-corrected chi connectivity index (χ1v) is 11.0. The number of sulfone groups is 1. The molecule has 6 nitrogen and oxygen atoms in total. The Morgan fingerprint density at radius 2 is 2.04 bits per heavy atom. The van der Waals surface area contributed by atoms with E-state index in [0.29, 0.717) is 12.8 Å². The Morgan fingerprint density at radius 3 is 2.79 bits per heavy atom. The summed E-state index contributed by atoms with van der Waals surface area (Å²) in [4.78, 5) is 11.8. The molecule has 1 aliphatic rings. The van der Waals surface area contributed by atoms with E-state index < -0.39 is 28.2 Å². The highest BCUT2D eigenvalue weighted by atomic mass is 32.2. The highest BCUT2D eigenvalue weighted by Gasteiger charge is 2.37. The maximum atomic E-state index is 12.4. The van der Waals surface area contributed by atoms with Crippen LogP contribution in [0.3, 0.4) is 0 Å². The molecule has 3 heterocycles. The number of rotatable bonds is 5. The fourth-order valence-corrected chi connectivity index (χ4v) is 6.09. The first-order valence-electron chi connectivity index (χ1n) is 9.19. The lowest BCUT2D eigenvalue weighted by Crippen LogP contribution is -2.21. The van der Waals surface area contributed by atoms with E-state index >= 15 is 0 Å². The summed E-state index contributed by atoms with van der Waals surface area (Å²) in [5.74, 6) is -0.866. The number of hydrogen-bond acceptors (Lipinski definition) is 4. The van der Waals surface area contributed by atoms with Crippen LogP contribution in [-0.2, 0) is 9.84 Å². The Labute approximate surface area is 160 Å². The molecule has 152 valence electrons. The van der Waals surface area contributed by atoms with Crippen molar-refractivity contribution >= 4 is 26.6 Å². The standard InChI is InChI=1S/C18H21F3N4O2S/c1-11-6-12(10-28(26,27)5-3-18(19,20)21)7-13(11)15-8-23-16-9-24-17-14(25(15)16)2-4-22-17/h2,4,8-9,11-13,22H,3,5-7,10H2,1H3/t11-,12+,13+/m1/s1. The van der Waals surface area contributed by atoms with Gasteiger partial charge in [0, 0.05) is 24.0 Å². The summed E-state index contributed by atoms with van der Waals surface area (Å²) in [6, 6.07) is 1.92. The van der Waals surface area contributed by atoms with Gasteiger partial charge in [-0.2, -0.15) is 13.2 Å². The fourth-order valence-electron chi connectivity index (χ4n) is 4.39. The SMILES string of the molecule is C[C@@H]1C[C@H](CS(=O)(=O)CCC(F)(F)F)C[C@@H]1c1cnc2cnc3[nH]ccc3n12. The highest BCUT2D eigenvalue weighted by Crippen LogP contribution is 2.44. The second kappa shape index (κ2) is 6.75. The zero-order valence-corrected chi connectivity index (χ0v) is 16.1. The smallest absolute Gasteiger partial charge is 0.345 e. The fraction of sp³-hybridized carbons (Fsp3) is 0.556. The van der Waals surface area contributed by atoms with Gasteiger partial charge < -0.3 is 4.98 Å². The molecule has 0 spiro atoms. The van der Waals surface area contributed by atoms with E-state index in [-0.39, 0.29) is 23.5 Å². The van der Waals surface area contributed by atoms with Crippen LogP contribution in [0.1, 0.15) is 37.8 Å². The van der Waals surface area contributed by atoms with E-state index in [9.17, 15) is 21.6 Å². The summed E-state index contributed by atoms with van der Waals surface area (Å²) in [5.41, 5.74) is 3.35. The number of H-pyrrole nitrogens is 1. The van der Waals surface area contributed by atoms with Gasteiger partial charge in [0.05, 0.1) is 29.6 Å². The van der Waals surface area contributed by atoms with Gasteiger partial charge in [0.1, 0.15) is 0 Å². The Balaban J connectivity index is 1.55. The average Bonchev–Trinajstić information content (AvgIpc) is 3.29. The normalized spacial score (nSPS) is 23.8. The van der Waals surface area contributed by atoms with Crippen LogP contribution in [0, 0.1) is 11.8 Å². The van der Waals surface area contributed by atoms with Crippen molar-refractivity contribution in [3.8, 4) is 0 Å². The molecule has 1 saturated carbocycles. The topological polar surface area (TPSA) is 80.1 Å². The minimum absolute atomic E-state index is 0.0957. The number of aromatic amines is 1. The third-order valence-electron chi connectivity index (χ3n) is 5.62. The number of halogens is 3. The van der Waals surface area contributed by atoms with Crippen LogP contribution in [0.2, 0.25) is 0 Å². The summed E-state index contributed by atoms with van der Waals surface area (Å²) >= 11 is 0. The molecule has 0 aromatic carbocycles. The monoisotopic (exact) mass is 414 g/mol. The number of aromatic nitrogens is 4. The zero-order chi connectivity index (χ0) is 20.1. The third kappa shape index (κ3) is 3.74. The molecule has 28 heavy (non-hydrogen) atoms. The van der Waals surface area contributed by atoms with Crippen molar-refractivity contribution in [1.82, 2.24) is 19.4 Å². The maximum Gasteiger partial charge on any atom is 0.390 e. The van der Waals surface area contributed by atoms with Gasteiger partial charge in [-0.15, -0.1) is 0 Å². The van der Waals surface area contributed by atoms with E-state index in [1.54, 1.807) is 18.6 Å². The van der Waals surface area contributed by atoms with Gasteiger partial charge in [0.25, 0.3) is 0 Å². The lowest BCUT2D eigenvalue weighted by Gasteiger charge is -2.15. The number of fused-ring (bicyclic) bond motifs is 3. The Morgan fingerprint density at radius 1 is 1.25 bits per heavy atom. The van der Waals surface area contributed by atoms with Crippen LogP contribution >= 0.6 is 0 Å². The van der Waals surface area contributed by atoms with Crippen LogP contribution in [-0.4, -0.2) is 45.5 Å². The Bertz CT molecular complexity index is 1100. The van der Waals surface area contributed by atoms with Crippen molar-refractivity contribution in [3.05, 3.63) is 30.4 Å². The van der Waals surface area contributed by atoms with Crippen molar-refractivity contribution in [2.24, 2.45) is 11.8 Å². The quantitative estimate of drug-likeness (QED) is 0.690. The van der Waals surface area contributed by atoms with Gasteiger partial charge >= 0.3 is 6.18 Å². The second-order valence-corrected chi connectivity index (χ2v) is 9.98. The maximum absolute atomic E-state index is 12.4. The summed E-state index contributed by atoms with van der Waals surface area (Å²) in [7, 11) is -3.74. The molecule has 1 N–H and O–H groups in total. The lowest BCUT2D eigenvalue weighted by atomic mass is 9.95. The van der Waals surface area contributed by atoms with Gasteiger partial charge in [-0.25, -0.2) is 18.4 Å². The molecule has 4 rings (SSSR count). The molecule has 0 bridgehead atoms. The number of imidazole rings is 1. The number of hydrogen-bond donors (Lipinski definition) is 1. The predicted molar refractivity (Wildman–Crippen MR) is 98.8 cm³/mol. The molecule has 3 aromatic heterocycles. The molecule has 0 unspecified atom stereocenters. The van der Waals surface area contributed by atoms with Gasteiger partial charge in [-0.1, -0.05) is 6.92 Å². The van der Waals surface area contributed by atoms with E-state index in [1.807, 2.05) is 10.5 Å². The number of nitrogens with one attached hydrogen (secondary N) is 1. The molecular weight excluding hydrogens is 393 g/mol. The zero-order valence-electron chi connectivity index (χ0n) is 15.3. The molecule has 0 amide bonds. The van der Waals surface area contributed by atoms with Crippen LogP contribution < -0.4 is 0 Å². The molecular formula is C18H21F3N4O2S. The van der Waals surface area contributed by atoms with Crippen molar-refractivity contribution in [2.75, 3.05) is 11.5 Å². The largest absolute Gasteiger partial charge is 0.390 e. The minimum Gasteiger partial charge on any atom is -0.345 e. The van der Waals surface area contributed by atoms with Crippen LogP contribution in [0.25, 0.3) is 16.8 Å². The van der Waals surface area contributed by atoms with Gasteiger partial charge in [0.15, 0.2) is 21.1 Å². The summed E-state index contributed by atoms with van der Waals surface area (Å²) in [6.45, 7) is 2.06. The first kappa shape index (κ1) is 19.2. The molecule has 1 fully saturated rings. The van der Waals surface area contributed by atoms with E-state index in [1.165, 1.54) is 0 Å². The van der Waals surface area contributed by atoms with Crippen LogP contribution in [0.15, 0.2) is 24.7 Å². The van der Waals surface area contributed by atoms with Crippen LogP contribution in [0.5, 0.6) is 0 Å². The van der Waals surface area contributed by atoms with Gasteiger partial charge in [-0.05, 0) is 30.7 Å². The summed E-state index contributed by atoms with van der Waals surface area (Å²) in [6.07, 6.45) is 0.831. The molecule has 0 aliphatic heterocycles. The Kier molecular flexibility index (Phi) is 4.64. The number of alkyl halides is 3. The second-order valence-electron chi connectivity index (χ2n) is 7.75. The third-order valence-corrected chi connectivity index (χ3v) is 7.42. The Hall–Kier alpha value is -2.10. The van der Waals surface area contributed by atoms with Crippen molar-refractivity contribution < 1.29 is 21.6 Å². The molecule has 3 atom stereocenters.